The summed E-state index contributed by atoms with van der Waals surface area (Å²) in [6.45, 7) is 12.5. The summed E-state index contributed by atoms with van der Waals surface area (Å²) in [5.41, 5.74) is 8.54. The highest BCUT2D eigenvalue weighted by Gasteiger charge is 2.46. The number of carbonyl (C=O) groups is 3. The van der Waals surface area contributed by atoms with Crippen molar-refractivity contribution in [1.29, 1.82) is 0 Å². The first-order valence-corrected chi connectivity index (χ1v) is 21.2. The molecule has 2 aromatic heterocycles. The van der Waals surface area contributed by atoms with E-state index in [1.54, 1.807) is 32.5 Å². The van der Waals surface area contributed by atoms with Gasteiger partial charge in [-0.25, -0.2) is 5.43 Å². The van der Waals surface area contributed by atoms with Crippen molar-refractivity contribution < 1.29 is 38.4 Å². The molecule has 5 heterocycles. The molecule has 0 aliphatic carbocycles. The lowest BCUT2D eigenvalue weighted by Crippen LogP contribution is -2.66. The van der Waals surface area contributed by atoms with Gasteiger partial charge in [0.25, 0.3) is 11.8 Å². The monoisotopic (exact) mass is 824 g/mol. The van der Waals surface area contributed by atoms with Crippen LogP contribution in [0.1, 0.15) is 70.6 Å². The molecule has 2 unspecified atom stereocenters. The summed E-state index contributed by atoms with van der Waals surface area (Å²) in [5.74, 6) is -1.67. The van der Waals surface area contributed by atoms with Crippen molar-refractivity contribution in [2.45, 2.75) is 104 Å². The summed E-state index contributed by atoms with van der Waals surface area (Å²) < 4.78 is 26.0. The first-order chi connectivity index (χ1) is 28.8. The smallest absolute Gasteiger partial charge is 0.324 e. The maximum Gasteiger partial charge on any atom is 0.324 e. The van der Waals surface area contributed by atoms with Gasteiger partial charge in [0.15, 0.2) is 0 Å². The summed E-state index contributed by atoms with van der Waals surface area (Å²) >= 11 is 0. The van der Waals surface area contributed by atoms with E-state index in [4.69, 9.17) is 18.9 Å². The number of ether oxygens (including phenoxy) is 4. The third-order valence-corrected chi connectivity index (χ3v) is 12.1. The molecule has 0 saturated carbocycles. The van der Waals surface area contributed by atoms with Gasteiger partial charge in [-0.1, -0.05) is 39.8 Å². The van der Waals surface area contributed by atoms with Crippen molar-refractivity contribution in [3.05, 3.63) is 71.5 Å². The van der Waals surface area contributed by atoms with Gasteiger partial charge in [-0.3, -0.25) is 29.7 Å². The zero-order valence-electron chi connectivity index (χ0n) is 35.9. The zero-order chi connectivity index (χ0) is 42.8. The Morgan fingerprint density at radius 1 is 1.13 bits per heavy atom. The molecule has 4 atom stereocenters. The molecule has 60 heavy (non-hydrogen) atoms. The predicted octanol–water partition coefficient (Wildman–Crippen LogP) is 5.27. The van der Waals surface area contributed by atoms with Gasteiger partial charge < -0.3 is 33.9 Å². The Balaban J connectivity index is 1.36. The number of nitrogens with one attached hydrogen (secondary N) is 3. The number of aromatic hydroxyl groups is 1. The average Bonchev–Trinajstić information content (AvgIpc) is 3.86. The molecule has 7 rings (SSSR count). The second kappa shape index (κ2) is 18.0. The number of hydrogen-bond donors (Lipinski definition) is 4. The Morgan fingerprint density at radius 3 is 2.67 bits per heavy atom. The third kappa shape index (κ3) is 8.80. The van der Waals surface area contributed by atoms with Gasteiger partial charge in [0.05, 0.1) is 31.6 Å². The molecule has 14 nitrogen and oxygen atoms in total. The van der Waals surface area contributed by atoms with Crippen LogP contribution < -0.4 is 16.1 Å². The van der Waals surface area contributed by atoms with E-state index >= 15 is 0 Å². The highest BCUT2D eigenvalue weighted by Crippen LogP contribution is 2.41. The normalized spacial score (nSPS) is 22.1. The maximum absolute atomic E-state index is 14.6. The van der Waals surface area contributed by atoms with Crippen molar-refractivity contribution in [2.24, 2.45) is 11.3 Å². The number of esters is 1. The number of nitrogens with zero attached hydrogens (tertiary/aromatic N) is 3. The number of aromatic nitrogens is 2. The van der Waals surface area contributed by atoms with Gasteiger partial charge >= 0.3 is 5.97 Å². The second-order valence-corrected chi connectivity index (χ2v) is 17.4. The molecule has 2 aromatic carbocycles. The standard InChI is InChI=1S/C46H60N6O8/c1-8-51-40-12-11-30-22-35(40)36(41(51)37-24-48-15-13-31(37)25-57-7)23-45(4,5)27-59-43(55)38-10-9-16-52(50-38)42(54)39(20-29-18-32(30)21-33(53)19-29)49-44(56)46(47-6,28(2)3)60-34-14-17-58-26-34/h11-13,15,18-19,21-22,24,28,34,38-39,47,50,53H,8-10,14,16-17,20,23,25-27H2,1-7H3,(H,49,56)/t34-,38-,39?,46?/m0/s1. The van der Waals surface area contributed by atoms with Crippen LogP contribution in [0.5, 0.6) is 5.75 Å². The topological polar surface area (TPSA) is 166 Å². The number of phenols is 1. The van der Waals surface area contributed by atoms with E-state index in [2.05, 4.69) is 58.5 Å². The van der Waals surface area contributed by atoms with Crippen LogP contribution in [0, 0.1) is 11.3 Å². The minimum Gasteiger partial charge on any atom is -0.508 e. The van der Waals surface area contributed by atoms with E-state index < -0.39 is 41.0 Å². The van der Waals surface area contributed by atoms with E-state index in [0.29, 0.717) is 64.2 Å². The van der Waals surface area contributed by atoms with E-state index in [9.17, 15) is 19.5 Å². The number of pyridine rings is 1. The molecule has 2 fully saturated rings. The lowest BCUT2D eigenvalue weighted by molar-refractivity contribution is -0.174. The van der Waals surface area contributed by atoms with Crippen LogP contribution in [-0.2, 0) is 59.3 Å². The molecule has 3 aliphatic rings. The van der Waals surface area contributed by atoms with Crippen LogP contribution in [0.2, 0.25) is 0 Å². The van der Waals surface area contributed by atoms with E-state index in [1.165, 1.54) is 5.01 Å². The Bertz CT molecular complexity index is 2210. The molecule has 4 aromatic rings. The lowest BCUT2D eigenvalue weighted by atomic mass is 9.84. The van der Waals surface area contributed by atoms with Gasteiger partial charge in [-0.15, -0.1) is 0 Å². The first kappa shape index (κ1) is 43.2. The van der Waals surface area contributed by atoms with Crippen LogP contribution in [-0.4, -0.2) is 102 Å². The summed E-state index contributed by atoms with van der Waals surface area (Å²) in [5, 5.41) is 19.9. The summed E-state index contributed by atoms with van der Waals surface area (Å²) in [4.78, 5) is 47.5. The molecule has 0 radical (unpaired) electrons. The molecule has 3 aliphatic heterocycles. The summed E-state index contributed by atoms with van der Waals surface area (Å²) in [6.07, 6.45) is 5.64. The number of benzene rings is 2. The van der Waals surface area contributed by atoms with Crippen LogP contribution >= 0.6 is 0 Å². The number of cyclic esters (lactones) is 1. The number of fused-ring (bicyclic) bond motifs is 6. The Morgan fingerprint density at radius 2 is 1.95 bits per heavy atom. The van der Waals surface area contributed by atoms with Crippen LogP contribution in [0.4, 0.5) is 0 Å². The van der Waals surface area contributed by atoms with Crippen molar-refractivity contribution >= 4 is 28.7 Å². The minimum atomic E-state index is -1.47. The Hall–Kier alpha value is -4.86. The highest BCUT2D eigenvalue weighted by molar-refractivity contribution is 5.96. The number of rotatable bonds is 10. The van der Waals surface area contributed by atoms with Gasteiger partial charge in [0.2, 0.25) is 5.72 Å². The predicted molar refractivity (Wildman–Crippen MR) is 228 cm³/mol. The summed E-state index contributed by atoms with van der Waals surface area (Å²) in [6, 6.07) is 11.7. The first-order valence-electron chi connectivity index (χ1n) is 21.2. The van der Waals surface area contributed by atoms with Crippen molar-refractivity contribution in [3.63, 3.8) is 0 Å². The number of carbonyl (C=O) groups excluding carboxylic acids is 3. The van der Waals surface area contributed by atoms with Gasteiger partial charge in [-0.05, 0) is 97.8 Å². The zero-order valence-corrected chi connectivity index (χ0v) is 35.9. The molecule has 0 spiro atoms. The molecule has 6 bridgehead atoms. The van der Waals surface area contributed by atoms with Crippen molar-refractivity contribution in [1.82, 2.24) is 30.6 Å². The van der Waals surface area contributed by atoms with Crippen LogP contribution in [0.25, 0.3) is 33.3 Å². The minimum absolute atomic E-state index is 0.0255. The van der Waals surface area contributed by atoms with Gasteiger partial charge in [0.1, 0.15) is 17.8 Å². The second-order valence-electron chi connectivity index (χ2n) is 17.4. The number of hydrazine groups is 1. The number of amides is 2. The van der Waals surface area contributed by atoms with Gasteiger partial charge in [0, 0.05) is 73.4 Å². The van der Waals surface area contributed by atoms with Crippen LogP contribution in [0.15, 0.2) is 54.9 Å². The molecule has 2 saturated heterocycles. The largest absolute Gasteiger partial charge is 0.508 e. The molecule has 14 heteroatoms. The molecular formula is C46H60N6O8. The molecule has 322 valence electrons. The Labute approximate surface area is 352 Å². The fourth-order valence-corrected chi connectivity index (χ4v) is 8.98. The maximum atomic E-state index is 14.6. The SMILES string of the molecule is CCn1c(-c2cnccc2COC)c2c3cc(ccc31)-c1cc(O)cc(c1)CC(NC(=O)C(NC)(O[C@H]1CCOC1)C(C)C)C(=O)N1CCC[C@H](N1)C(=O)OCC(C)(C)C2. The summed E-state index contributed by atoms with van der Waals surface area (Å²) in [7, 11) is 3.35. The quantitative estimate of drug-likeness (QED) is 0.122. The van der Waals surface area contributed by atoms with Crippen LogP contribution in [0.3, 0.4) is 0 Å². The highest BCUT2D eigenvalue weighted by atomic mass is 16.6. The lowest BCUT2D eigenvalue weighted by Gasteiger charge is -2.40. The molecular weight excluding hydrogens is 765 g/mol. The van der Waals surface area contributed by atoms with E-state index in [0.717, 1.165) is 44.4 Å². The number of likely N-dealkylation sites (N-methyl/N-ethyl adjacent to an activating group) is 1. The number of phenolic OH excluding ortho intramolecular Hbond substituents is 1. The molecule has 4 N–H and O–H groups in total. The van der Waals surface area contributed by atoms with E-state index in [1.807, 2.05) is 38.2 Å². The van der Waals surface area contributed by atoms with Gasteiger partial charge in [-0.2, -0.15) is 0 Å². The van der Waals surface area contributed by atoms with Crippen molar-refractivity contribution in [2.75, 3.05) is 40.5 Å². The fraction of sp³-hybridized carbons (Fsp3) is 0.522. The Kier molecular flexibility index (Phi) is 13.0. The number of aryl methyl sites for hydroxylation is 1. The molecule has 2 amide bonds. The third-order valence-electron chi connectivity index (χ3n) is 12.1. The van der Waals surface area contributed by atoms with Crippen molar-refractivity contribution in [3.8, 4) is 28.1 Å². The fourth-order valence-electron chi connectivity index (χ4n) is 8.98. The average molecular weight is 825 g/mol. The number of methoxy groups -OCH3 is 1. The van der Waals surface area contributed by atoms with E-state index in [-0.39, 0.29) is 30.8 Å². The number of hydrogen-bond acceptors (Lipinski definition) is 11.